The summed E-state index contributed by atoms with van der Waals surface area (Å²) in [5.74, 6) is -4.86. The highest BCUT2D eigenvalue weighted by Gasteiger charge is 2.47. The van der Waals surface area contributed by atoms with Crippen molar-refractivity contribution in [3.8, 4) is 0 Å². The zero-order chi connectivity index (χ0) is 23.7. The van der Waals surface area contributed by atoms with Gasteiger partial charge in [-0.15, -0.1) is 0 Å². The lowest BCUT2D eigenvalue weighted by atomic mass is 9.94. The monoisotopic (exact) mass is 449 g/mol. The largest absolute Gasteiger partial charge is 0.507 e. The Bertz CT molecular complexity index is 1280. The van der Waals surface area contributed by atoms with Crippen LogP contribution in [0.3, 0.4) is 0 Å². The number of aliphatic hydroxyl groups is 1. The molecule has 0 spiro atoms. The number of aliphatic hydroxyl groups excluding tert-OH is 1. The third-order valence-corrected chi connectivity index (χ3v) is 5.33. The number of carbonyl (C=O) groups excluding carboxylic acids is 2. The van der Waals surface area contributed by atoms with Crippen molar-refractivity contribution < 1.29 is 33.4 Å². The molecule has 1 fully saturated rings. The molecule has 2 N–H and O–H groups in total. The van der Waals surface area contributed by atoms with Gasteiger partial charge in [0.05, 0.1) is 18.0 Å². The fourth-order valence-corrected chi connectivity index (χ4v) is 3.80. The minimum absolute atomic E-state index is 0.0185. The second-order valence-electron chi connectivity index (χ2n) is 7.43. The van der Waals surface area contributed by atoms with E-state index in [2.05, 4.69) is 0 Å². The predicted octanol–water partition coefficient (Wildman–Crippen LogP) is 4.22. The number of ketones is 1. The van der Waals surface area contributed by atoms with Gasteiger partial charge >= 0.3 is 5.97 Å². The molecule has 1 atom stereocenters. The van der Waals surface area contributed by atoms with Crippen LogP contribution in [0, 0.1) is 11.6 Å². The van der Waals surface area contributed by atoms with E-state index < -0.39 is 41.1 Å². The van der Waals surface area contributed by atoms with Crippen molar-refractivity contribution in [3.63, 3.8) is 0 Å². The Labute approximate surface area is 187 Å². The molecule has 1 aliphatic heterocycles. The maximum Gasteiger partial charge on any atom is 0.307 e. The van der Waals surface area contributed by atoms with E-state index in [0.29, 0.717) is 5.56 Å². The minimum atomic E-state index is -1.29. The van der Waals surface area contributed by atoms with Gasteiger partial charge in [0.15, 0.2) is 0 Å². The Morgan fingerprint density at radius 1 is 0.879 bits per heavy atom. The van der Waals surface area contributed by atoms with Crippen molar-refractivity contribution in [1.29, 1.82) is 0 Å². The molecule has 3 aromatic rings. The number of hydrogen-bond donors (Lipinski definition) is 2. The van der Waals surface area contributed by atoms with Crippen LogP contribution in [0.25, 0.3) is 5.76 Å². The fraction of sp³-hybridized carbons (Fsp3) is 0.0800. The molecule has 1 amide bonds. The Morgan fingerprint density at radius 2 is 1.52 bits per heavy atom. The van der Waals surface area contributed by atoms with E-state index in [1.54, 1.807) is 0 Å². The van der Waals surface area contributed by atoms with Gasteiger partial charge in [0.2, 0.25) is 0 Å². The van der Waals surface area contributed by atoms with Gasteiger partial charge in [-0.1, -0.05) is 30.3 Å². The first-order chi connectivity index (χ1) is 15.8. The minimum Gasteiger partial charge on any atom is -0.507 e. The highest BCUT2D eigenvalue weighted by molar-refractivity contribution is 6.51. The third-order valence-electron chi connectivity index (χ3n) is 5.33. The normalized spacial score (nSPS) is 17.4. The molecule has 1 aliphatic rings. The number of anilines is 1. The average molecular weight is 449 g/mol. The lowest BCUT2D eigenvalue weighted by Crippen LogP contribution is -2.29. The number of carboxylic acids is 1. The van der Waals surface area contributed by atoms with Crippen LogP contribution in [-0.2, 0) is 20.8 Å². The standard InChI is InChI=1S/C25H17F2NO5/c26-16-9-7-15(8-10-16)23(31)21-22(18-3-1-2-4-19(18)27)28(25(33)24(21)32)17-11-5-14(6-12-17)13-20(29)30/h1-12,22,31H,13H2,(H,29,30)/b23-21+. The van der Waals surface area contributed by atoms with E-state index >= 15 is 0 Å². The molecule has 8 heteroatoms. The first-order valence-electron chi connectivity index (χ1n) is 9.90. The van der Waals surface area contributed by atoms with Gasteiger partial charge < -0.3 is 10.2 Å². The maximum absolute atomic E-state index is 14.8. The summed E-state index contributed by atoms with van der Waals surface area (Å²) in [6, 6.07) is 14.8. The van der Waals surface area contributed by atoms with E-state index in [4.69, 9.17) is 5.11 Å². The number of amides is 1. The van der Waals surface area contributed by atoms with Gasteiger partial charge in [-0.3, -0.25) is 19.3 Å². The first kappa shape index (κ1) is 21.9. The molecule has 0 radical (unpaired) electrons. The molecule has 166 valence electrons. The van der Waals surface area contributed by atoms with Crippen molar-refractivity contribution in [2.24, 2.45) is 0 Å². The van der Waals surface area contributed by atoms with Gasteiger partial charge in [-0.2, -0.15) is 0 Å². The van der Waals surface area contributed by atoms with Gasteiger partial charge in [0.25, 0.3) is 11.7 Å². The molecule has 6 nitrogen and oxygen atoms in total. The summed E-state index contributed by atoms with van der Waals surface area (Å²) in [5.41, 5.74) is 0.420. The second-order valence-corrected chi connectivity index (χ2v) is 7.43. The topological polar surface area (TPSA) is 94.9 Å². The lowest BCUT2D eigenvalue weighted by Gasteiger charge is -2.26. The summed E-state index contributed by atoms with van der Waals surface area (Å²) in [4.78, 5) is 38.0. The quantitative estimate of drug-likeness (QED) is 0.346. The molecule has 1 saturated heterocycles. The summed E-state index contributed by atoms with van der Waals surface area (Å²) in [7, 11) is 0. The van der Waals surface area contributed by atoms with E-state index in [1.807, 2.05) is 0 Å². The van der Waals surface area contributed by atoms with E-state index in [1.165, 1.54) is 60.7 Å². The van der Waals surface area contributed by atoms with Gasteiger partial charge in [0, 0.05) is 16.8 Å². The number of aliphatic carboxylic acids is 1. The molecule has 3 aromatic carbocycles. The number of carbonyl (C=O) groups is 3. The zero-order valence-electron chi connectivity index (χ0n) is 17.0. The number of carboxylic acid groups (broad SMARTS) is 1. The van der Waals surface area contributed by atoms with Gasteiger partial charge in [-0.25, -0.2) is 8.78 Å². The van der Waals surface area contributed by atoms with Crippen LogP contribution in [0.5, 0.6) is 0 Å². The van der Waals surface area contributed by atoms with Crippen LogP contribution in [0.15, 0.2) is 78.4 Å². The molecule has 4 rings (SSSR count). The second kappa shape index (κ2) is 8.66. The Kier molecular flexibility index (Phi) is 5.74. The SMILES string of the molecule is O=C(O)Cc1ccc(N2C(=O)C(=O)/C(=C(/O)c3ccc(F)cc3)C2c2ccccc2F)cc1. The van der Waals surface area contributed by atoms with Gasteiger partial charge in [0.1, 0.15) is 17.4 Å². The van der Waals surface area contributed by atoms with Gasteiger partial charge in [-0.05, 0) is 48.0 Å². The van der Waals surface area contributed by atoms with Crippen molar-refractivity contribution in [1.82, 2.24) is 0 Å². The zero-order valence-corrected chi connectivity index (χ0v) is 17.0. The number of nitrogens with zero attached hydrogens (tertiary/aromatic N) is 1. The summed E-state index contributed by atoms with van der Waals surface area (Å²) in [6.45, 7) is 0. The van der Waals surface area contributed by atoms with Crippen LogP contribution >= 0.6 is 0 Å². The molecule has 1 unspecified atom stereocenters. The van der Waals surface area contributed by atoms with E-state index in [9.17, 15) is 28.3 Å². The van der Waals surface area contributed by atoms with Crippen molar-refractivity contribution in [3.05, 3.63) is 107 Å². The third kappa shape index (κ3) is 4.10. The number of hydrogen-bond acceptors (Lipinski definition) is 4. The predicted molar refractivity (Wildman–Crippen MR) is 115 cm³/mol. The summed E-state index contributed by atoms with van der Waals surface area (Å²) in [6.07, 6.45) is -0.236. The Morgan fingerprint density at radius 3 is 2.12 bits per heavy atom. The fourth-order valence-electron chi connectivity index (χ4n) is 3.80. The van der Waals surface area contributed by atoms with E-state index in [-0.39, 0.29) is 28.8 Å². The summed E-state index contributed by atoms with van der Waals surface area (Å²) >= 11 is 0. The van der Waals surface area contributed by atoms with Crippen LogP contribution in [-0.4, -0.2) is 27.9 Å². The van der Waals surface area contributed by atoms with Crippen LogP contribution in [0.2, 0.25) is 0 Å². The molecule has 0 saturated carbocycles. The lowest BCUT2D eigenvalue weighted by molar-refractivity contribution is -0.136. The first-order valence-corrected chi connectivity index (χ1v) is 9.90. The highest BCUT2D eigenvalue weighted by Crippen LogP contribution is 2.42. The van der Waals surface area contributed by atoms with Crippen LogP contribution in [0.4, 0.5) is 14.5 Å². The van der Waals surface area contributed by atoms with E-state index in [0.717, 1.165) is 17.0 Å². The molecular weight excluding hydrogens is 432 g/mol. The highest BCUT2D eigenvalue weighted by atomic mass is 19.1. The van der Waals surface area contributed by atoms with Crippen molar-refractivity contribution >= 4 is 29.1 Å². The number of rotatable bonds is 5. The van der Waals surface area contributed by atoms with Crippen molar-refractivity contribution in [2.75, 3.05) is 4.90 Å². The Hall–Kier alpha value is -4.33. The molecule has 0 aromatic heterocycles. The summed E-state index contributed by atoms with van der Waals surface area (Å²) in [5, 5.41) is 19.9. The summed E-state index contributed by atoms with van der Waals surface area (Å²) < 4.78 is 28.2. The molecular formula is C25H17F2NO5. The Balaban J connectivity index is 1.89. The molecule has 1 heterocycles. The van der Waals surface area contributed by atoms with Crippen LogP contribution in [0.1, 0.15) is 22.7 Å². The average Bonchev–Trinajstić information content (AvgIpc) is 3.05. The molecule has 0 aliphatic carbocycles. The molecule has 33 heavy (non-hydrogen) atoms. The smallest absolute Gasteiger partial charge is 0.307 e. The number of halogens is 2. The number of Topliss-reactive ketones (excluding diaryl/α,β-unsaturated/α-hetero) is 1. The van der Waals surface area contributed by atoms with Crippen LogP contribution < -0.4 is 4.90 Å². The number of benzene rings is 3. The molecule has 0 bridgehead atoms. The van der Waals surface area contributed by atoms with Crippen molar-refractivity contribution in [2.45, 2.75) is 12.5 Å². The maximum atomic E-state index is 14.8.